The first-order valence-electron chi connectivity index (χ1n) is 9.50. The summed E-state index contributed by atoms with van der Waals surface area (Å²) in [6, 6.07) is 20.7. The molecule has 0 aliphatic heterocycles. The first-order valence-corrected chi connectivity index (χ1v) is 12.2. The number of anilines is 1. The van der Waals surface area contributed by atoms with E-state index in [1.54, 1.807) is 67.4 Å². The van der Waals surface area contributed by atoms with E-state index in [0.717, 1.165) is 10.5 Å². The van der Waals surface area contributed by atoms with Crippen LogP contribution in [0.4, 0.5) is 5.69 Å². The molecule has 0 fully saturated rings. The number of carbonyl (C=O) groups excluding carboxylic acids is 1. The van der Waals surface area contributed by atoms with Crippen molar-refractivity contribution < 1.29 is 17.9 Å². The molecule has 0 bridgehead atoms. The van der Waals surface area contributed by atoms with E-state index < -0.39 is 10.0 Å². The summed E-state index contributed by atoms with van der Waals surface area (Å²) in [5, 5.41) is 2.85. The molecule has 3 rings (SSSR count). The van der Waals surface area contributed by atoms with E-state index in [4.69, 9.17) is 4.74 Å². The number of thioether (sulfide) groups is 1. The zero-order chi connectivity index (χ0) is 22.4. The molecule has 1 N–H and O–H groups in total. The maximum absolute atomic E-state index is 12.9. The maximum atomic E-state index is 12.9. The molecule has 3 aromatic carbocycles. The molecule has 0 aliphatic carbocycles. The van der Waals surface area contributed by atoms with Crippen molar-refractivity contribution >= 4 is 33.4 Å². The molecule has 0 spiro atoms. The number of nitrogens with zero attached hydrogens (tertiary/aromatic N) is 1. The van der Waals surface area contributed by atoms with Crippen molar-refractivity contribution in [1.29, 1.82) is 0 Å². The van der Waals surface area contributed by atoms with Crippen molar-refractivity contribution in [1.82, 2.24) is 5.32 Å². The second kappa shape index (κ2) is 9.89. The Balaban J connectivity index is 1.70. The number of methoxy groups -OCH3 is 1. The van der Waals surface area contributed by atoms with Gasteiger partial charge in [0.1, 0.15) is 5.75 Å². The highest BCUT2D eigenvalue weighted by molar-refractivity contribution is 7.98. The molecular weight excluding hydrogens is 432 g/mol. The zero-order valence-corrected chi connectivity index (χ0v) is 19.2. The van der Waals surface area contributed by atoms with E-state index >= 15 is 0 Å². The summed E-state index contributed by atoms with van der Waals surface area (Å²) in [5.41, 5.74) is 1.78. The van der Waals surface area contributed by atoms with Gasteiger partial charge in [-0.15, -0.1) is 11.8 Å². The molecule has 0 unspecified atom stereocenters. The summed E-state index contributed by atoms with van der Waals surface area (Å²) in [7, 11) is -0.615. The van der Waals surface area contributed by atoms with Gasteiger partial charge in [0.05, 0.1) is 17.7 Å². The number of rotatable bonds is 8. The maximum Gasteiger partial charge on any atom is 0.264 e. The molecule has 162 valence electrons. The Hall–Kier alpha value is -2.97. The lowest BCUT2D eigenvalue weighted by Gasteiger charge is -2.20. The van der Waals surface area contributed by atoms with Crippen LogP contribution in [0.1, 0.15) is 15.9 Å². The highest BCUT2D eigenvalue weighted by Crippen LogP contribution is 2.24. The van der Waals surface area contributed by atoms with Crippen molar-refractivity contribution in [2.24, 2.45) is 0 Å². The summed E-state index contributed by atoms with van der Waals surface area (Å²) in [6.07, 6.45) is 1.93. The van der Waals surface area contributed by atoms with Crippen LogP contribution in [0, 0.1) is 0 Å². The fourth-order valence-electron chi connectivity index (χ4n) is 2.99. The zero-order valence-electron chi connectivity index (χ0n) is 17.5. The monoisotopic (exact) mass is 456 g/mol. The fraction of sp³-hybridized carbons (Fsp3) is 0.174. The number of carbonyl (C=O) groups is 1. The molecule has 0 aliphatic rings. The Morgan fingerprint density at radius 2 is 1.65 bits per heavy atom. The third kappa shape index (κ3) is 5.21. The van der Waals surface area contributed by atoms with E-state index in [1.807, 2.05) is 30.5 Å². The van der Waals surface area contributed by atoms with Gasteiger partial charge in [-0.25, -0.2) is 8.42 Å². The van der Waals surface area contributed by atoms with E-state index in [0.29, 0.717) is 23.5 Å². The van der Waals surface area contributed by atoms with E-state index in [2.05, 4.69) is 5.32 Å². The van der Waals surface area contributed by atoms with Crippen molar-refractivity contribution in [2.45, 2.75) is 16.3 Å². The predicted molar refractivity (Wildman–Crippen MR) is 124 cm³/mol. The van der Waals surface area contributed by atoms with Gasteiger partial charge in [-0.2, -0.15) is 0 Å². The molecule has 6 nitrogen and oxygen atoms in total. The Kier molecular flexibility index (Phi) is 7.25. The third-order valence-electron chi connectivity index (χ3n) is 4.84. The summed E-state index contributed by atoms with van der Waals surface area (Å²) < 4.78 is 32.3. The average molecular weight is 457 g/mol. The number of sulfonamides is 1. The lowest BCUT2D eigenvalue weighted by atomic mass is 10.1. The van der Waals surface area contributed by atoms with Crippen LogP contribution in [0.2, 0.25) is 0 Å². The van der Waals surface area contributed by atoms with Crippen molar-refractivity contribution in [3.8, 4) is 5.75 Å². The van der Waals surface area contributed by atoms with Gasteiger partial charge in [-0.1, -0.05) is 18.2 Å². The normalized spacial score (nSPS) is 11.1. The van der Waals surface area contributed by atoms with E-state index in [9.17, 15) is 13.2 Å². The summed E-state index contributed by atoms with van der Waals surface area (Å²) in [4.78, 5) is 13.7. The minimum Gasteiger partial charge on any atom is -0.496 e. The quantitative estimate of drug-likeness (QED) is 0.515. The minimum atomic E-state index is -3.69. The lowest BCUT2D eigenvalue weighted by Crippen LogP contribution is -2.27. The fourth-order valence-corrected chi connectivity index (χ4v) is 4.60. The van der Waals surface area contributed by atoms with Gasteiger partial charge in [0.25, 0.3) is 15.9 Å². The average Bonchev–Trinajstić information content (AvgIpc) is 2.82. The standard InChI is InChI=1S/C23H24N2O4S2/c1-25(31(27,28)21-14-12-20(30-3)13-15-21)19-10-8-17(9-11-19)23(26)24-16-18-6-4-5-7-22(18)29-2/h4-15H,16H2,1-3H3,(H,24,26). The smallest absolute Gasteiger partial charge is 0.264 e. The van der Waals surface area contributed by atoms with Crippen molar-refractivity contribution in [3.05, 3.63) is 83.9 Å². The van der Waals surface area contributed by atoms with Crippen LogP contribution in [-0.2, 0) is 16.6 Å². The summed E-state index contributed by atoms with van der Waals surface area (Å²) in [5.74, 6) is 0.450. The molecule has 31 heavy (non-hydrogen) atoms. The van der Waals surface area contributed by atoms with Crippen LogP contribution < -0.4 is 14.4 Å². The number of hydrogen-bond donors (Lipinski definition) is 1. The van der Waals surface area contributed by atoms with Crippen molar-refractivity contribution in [2.75, 3.05) is 24.7 Å². The molecule has 0 radical (unpaired) electrons. The topological polar surface area (TPSA) is 75.7 Å². The number of hydrogen-bond acceptors (Lipinski definition) is 5. The van der Waals surface area contributed by atoms with Gasteiger partial charge in [0.15, 0.2) is 0 Å². The van der Waals surface area contributed by atoms with Gasteiger partial charge in [-0.05, 0) is 60.9 Å². The number of nitrogens with one attached hydrogen (secondary N) is 1. The lowest BCUT2D eigenvalue weighted by molar-refractivity contribution is 0.0950. The van der Waals surface area contributed by atoms with Crippen LogP contribution in [0.3, 0.4) is 0 Å². The first kappa shape index (κ1) is 22.7. The highest BCUT2D eigenvalue weighted by atomic mass is 32.2. The van der Waals surface area contributed by atoms with Crippen LogP contribution >= 0.6 is 11.8 Å². The van der Waals surface area contributed by atoms with Crippen LogP contribution in [0.15, 0.2) is 82.6 Å². The molecule has 0 heterocycles. The Morgan fingerprint density at radius 3 is 2.26 bits per heavy atom. The van der Waals surface area contributed by atoms with E-state index in [-0.39, 0.29) is 10.8 Å². The number of ether oxygens (including phenoxy) is 1. The largest absolute Gasteiger partial charge is 0.496 e. The molecule has 0 saturated heterocycles. The number of para-hydroxylation sites is 1. The minimum absolute atomic E-state index is 0.214. The second-order valence-electron chi connectivity index (χ2n) is 6.69. The first-order chi connectivity index (χ1) is 14.9. The Morgan fingerprint density at radius 1 is 1.00 bits per heavy atom. The van der Waals surface area contributed by atoms with Crippen LogP contribution in [0.25, 0.3) is 0 Å². The summed E-state index contributed by atoms with van der Waals surface area (Å²) >= 11 is 1.55. The highest BCUT2D eigenvalue weighted by Gasteiger charge is 2.21. The van der Waals surface area contributed by atoms with Gasteiger partial charge < -0.3 is 10.1 Å². The Bertz CT molecular complexity index is 1140. The third-order valence-corrected chi connectivity index (χ3v) is 7.39. The molecule has 0 aromatic heterocycles. The summed E-state index contributed by atoms with van der Waals surface area (Å²) in [6.45, 7) is 0.324. The SMILES string of the molecule is COc1ccccc1CNC(=O)c1ccc(N(C)S(=O)(=O)c2ccc(SC)cc2)cc1. The van der Waals surface area contributed by atoms with Crippen LogP contribution in [0.5, 0.6) is 5.75 Å². The van der Waals surface area contributed by atoms with Gasteiger partial charge in [0.2, 0.25) is 0 Å². The van der Waals surface area contributed by atoms with Gasteiger partial charge >= 0.3 is 0 Å². The van der Waals surface area contributed by atoms with E-state index in [1.165, 1.54) is 11.4 Å². The van der Waals surface area contributed by atoms with Gasteiger partial charge in [0, 0.05) is 29.6 Å². The number of benzene rings is 3. The predicted octanol–water partition coefficient (Wildman–Crippen LogP) is 4.17. The number of amides is 1. The molecule has 0 atom stereocenters. The molecular formula is C23H24N2O4S2. The Labute approximate surface area is 187 Å². The molecule has 8 heteroatoms. The molecule has 0 saturated carbocycles. The van der Waals surface area contributed by atoms with Crippen molar-refractivity contribution in [3.63, 3.8) is 0 Å². The second-order valence-corrected chi connectivity index (χ2v) is 9.54. The van der Waals surface area contributed by atoms with Crippen LogP contribution in [-0.4, -0.2) is 34.7 Å². The molecule has 3 aromatic rings. The van der Waals surface area contributed by atoms with Gasteiger partial charge in [-0.3, -0.25) is 9.10 Å². The molecule has 1 amide bonds.